The third-order valence-corrected chi connectivity index (χ3v) is 9.68. The predicted octanol–water partition coefficient (Wildman–Crippen LogP) is 4.70. The first kappa shape index (κ1) is 22.4. The van der Waals surface area contributed by atoms with Gasteiger partial charge in [0.1, 0.15) is 21.4 Å². The molecular formula is C21H27N5O2S3. The summed E-state index contributed by atoms with van der Waals surface area (Å²) in [5.41, 5.74) is 7.34. The number of rotatable bonds is 5. The summed E-state index contributed by atoms with van der Waals surface area (Å²) in [6.07, 6.45) is 5.45. The van der Waals surface area contributed by atoms with Crippen molar-refractivity contribution in [2.75, 3.05) is 18.8 Å². The number of sulfonamides is 1. The average Bonchev–Trinajstić information content (AvgIpc) is 2.92. The molecular weight excluding hydrogens is 450 g/mol. The Morgan fingerprint density at radius 2 is 1.84 bits per heavy atom. The summed E-state index contributed by atoms with van der Waals surface area (Å²) in [4.78, 5) is 16.0. The van der Waals surface area contributed by atoms with Crippen molar-refractivity contribution < 1.29 is 8.42 Å². The maximum atomic E-state index is 12.9. The van der Waals surface area contributed by atoms with Gasteiger partial charge in [0.2, 0.25) is 10.0 Å². The van der Waals surface area contributed by atoms with Crippen molar-refractivity contribution in [3.05, 3.63) is 34.6 Å². The monoisotopic (exact) mass is 477 g/mol. The van der Waals surface area contributed by atoms with Crippen LogP contribution in [0.5, 0.6) is 0 Å². The molecule has 31 heavy (non-hydrogen) atoms. The molecule has 4 heterocycles. The molecule has 7 nitrogen and oxygen atoms in total. The highest BCUT2D eigenvalue weighted by atomic mass is 32.2. The summed E-state index contributed by atoms with van der Waals surface area (Å²) in [6, 6.07) is 3.40. The number of thioether (sulfide) groups is 1. The lowest BCUT2D eigenvalue weighted by Crippen LogP contribution is -2.32. The van der Waals surface area contributed by atoms with Crippen molar-refractivity contribution in [3.8, 4) is 0 Å². The van der Waals surface area contributed by atoms with E-state index in [0.29, 0.717) is 24.7 Å². The van der Waals surface area contributed by atoms with Crippen LogP contribution < -0.4 is 5.73 Å². The van der Waals surface area contributed by atoms with Gasteiger partial charge in [-0.25, -0.2) is 23.4 Å². The second-order valence-electron chi connectivity index (χ2n) is 7.84. The maximum absolute atomic E-state index is 12.9. The van der Waals surface area contributed by atoms with Crippen LogP contribution in [0.25, 0.3) is 10.2 Å². The number of aromatic nitrogens is 3. The Kier molecular flexibility index (Phi) is 6.52. The minimum Gasteiger partial charge on any atom is -0.383 e. The van der Waals surface area contributed by atoms with E-state index in [-0.39, 0.29) is 10.1 Å². The van der Waals surface area contributed by atoms with Crippen LogP contribution in [0.1, 0.15) is 54.1 Å². The largest absolute Gasteiger partial charge is 0.383 e. The van der Waals surface area contributed by atoms with E-state index in [1.807, 2.05) is 13.8 Å². The fourth-order valence-electron chi connectivity index (χ4n) is 3.73. The van der Waals surface area contributed by atoms with Gasteiger partial charge in [0.25, 0.3) is 0 Å². The van der Waals surface area contributed by atoms with Crippen LogP contribution >= 0.6 is 23.1 Å². The minimum atomic E-state index is -3.49. The van der Waals surface area contributed by atoms with E-state index in [0.717, 1.165) is 46.5 Å². The van der Waals surface area contributed by atoms with Crippen LogP contribution in [0, 0.1) is 13.8 Å². The van der Waals surface area contributed by atoms with Crippen molar-refractivity contribution >= 4 is 49.2 Å². The number of nitrogens with zero attached hydrogens (tertiary/aromatic N) is 4. The third kappa shape index (κ3) is 4.57. The van der Waals surface area contributed by atoms with Crippen LogP contribution in [0.2, 0.25) is 0 Å². The summed E-state index contributed by atoms with van der Waals surface area (Å²) in [6.45, 7) is 7.26. The number of aryl methyl sites for hydroxylation is 2. The first-order chi connectivity index (χ1) is 14.8. The Labute approximate surface area is 191 Å². The summed E-state index contributed by atoms with van der Waals surface area (Å²) in [5, 5.41) is 1.59. The van der Waals surface area contributed by atoms with Crippen molar-refractivity contribution in [2.45, 2.75) is 61.6 Å². The van der Waals surface area contributed by atoms with Crippen LogP contribution in [-0.4, -0.2) is 40.8 Å². The first-order valence-corrected chi connectivity index (χ1v) is 13.6. The van der Waals surface area contributed by atoms with Gasteiger partial charge in [-0.3, -0.25) is 0 Å². The molecule has 4 rings (SSSR count). The van der Waals surface area contributed by atoms with Crippen LogP contribution in [0.3, 0.4) is 0 Å². The van der Waals surface area contributed by atoms with E-state index in [4.69, 9.17) is 10.7 Å². The van der Waals surface area contributed by atoms with E-state index in [1.54, 1.807) is 27.8 Å². The Balaban J connectivity index is 1.52. The molecule has 0 amide bonds. The van der Waals surface area contributed by atoms with Crippen LogP contribution in [0.4, 0.5) is 5.82 Å². The number of hydrogen-bond acceptors (Lipinski definition) is 8. The van der Waals surface area contributed by atoms with Gasteiger partial charge in [-0.05, 0) is 51.3 Å². The molecule has 1 atom stereocenters. The number of fused-ring (bicyclic) bond motifs is 1. The zero-order valence-electron chi connectivity index (χ0n) is 18.0. The van der Waals surface area contributed by atoms with Crippen molar-refractivity contribution in [2.24, 2.45) is 0 Å². The third-order valence-electron chi connectivity index (χ3n) is 5.65. The lowest BCUT2D eigenvalue weighted by Gasteiger charge is -2.19. The molecule has 0 aromatic carbocycles. The molecule has 3 aromatic heterocycles. The van der Waals surface area contributed by atoms with E-state index in [2.05, 4.69) is 16.9 Å². The highest BCUT2D eigenvalue weighted by molar-refractivity contribution is 7.99. The fourth-order valence-corrected chi connectivity index (χ4v) is 7.07. The van der Waals surface area contributed by atoms with Crippen LogP contribution in [-0.2, 0) is 10.0 Å². The normalized spacial score (nSPS) is 17.0. The predicted molar refractivity (Wildman–Crippen MR) is 127 cm³/mol. The molecule has 10 heteroatoms. The lowest BCUT2D eigenvalue weighted by atomic mass is 10.2. The number of pyridine rings is 1. The van der Waals surface area contributed by atoms with Crippen molar-refractivity contribution in [1.82, 2.24) is 19.3 Å². The van der Waals surface area contributed by atoms with Gasteiger partial charge in [0.05, 0.1) is 15.7 Å². The standard InChI is InChI=1S/C21H27N5O2S3/c1-13-14(2)30-21-18(13)19(22)24-20(25-21)15(3)29-17-9-8-16(12-23-17)31(27,28)26-10-6-4-5-7-11-26/h8-9,12,15H,4-7,10-11H2,1-3H3,(H2,22,24,25). The summed E-state index contributed by atoms with van der Waals surface area (Å²) < 4.78 is 27.5. The molecule has 1 aliphatic heterocycles. The second-order valence-corrected chi connectivity index (χ2v) is 12.3. The van der Waals surface area contributed by atoms with Gasteiger partial charge in [0, 0.05) is 24.2 Å². The molecule has 0 spiro atoms. The number of nitrogens with two attached hydrogens (primary N) is 1. The maximum Gasteiger partial charge on any atom is 0.244 e. The van der Waals surface area contributed by atoms with Gasteiger partial charge < -0.3 is 5.73 Å². The zero-order chi connectivity index (χ0) is 22.2. The number of thiophene rings is 1. The molecule has 1 aliphatic rings. The van der Waals surface area contributed by atoms with Gasteiger partial charge in [-0.2, -0.15) is 4.31 Å². The Bertz CT molecular complexity index is 1180. The molecule has 0 aliphatic carbocycles. The minimum absolute atomic E-state index is 0.0741. The quantitative estimate of drug-likeness (QED) is 0.531. The smallest absolute Gasteiger partial charge is 0.244 e. The molecule has 0 bridgehead atoms. The summed E-state index contributed by atoms with van der Waals surface area (Å²) in [7, 11) is -3.49. The Morgan fingerprint density at radius 1 is 1.13 bits per heavy atom. The van der Waals surface area contributed by atoms with Gasteiger partial charge >= 0.3 is 0 Å². The molecule has 3 aromatic rings. The van der Waals surface area contributed by atoms with E-state index >= 15 is 0 Å². The molecule has 0 radical (unpaired) electrons. The van der Waals surface area contributed by atoms with E-state index in [9.17, 15) is 8.42 Å². The number of anilines is 1. The molecule has 1 unspecified atom stereocenters. The molecule has 2 N–H and O–H groups in total. The number of nitrogen functional groups attached to an aromatic ring is 1. The fraction of sp³-hybridized carbons (Fsp3) is 0.476. The van der Waals surface area contributed by atoms with Gasteiger partial charge in [-0.1, -0.05) is 24.6 Å². The molecule has 1 fully saturated rings. The van der Waals surface area contributed by atoms with Crippen LogP contribution in [0.15, 0.2) is 28.3 Å². The van der Waals surface area contributed by atoms with Crippen molar-refractivity contribution in [1.29, 1.82) is 0 Å². The second kappa shape index (κ2) is 9.01. The Morgan fingerprint density at radius 3 is 2.48 bits per heavy atom. The van der Waals surface area contributed by atoms with E-state index in [1.165, 1.54) is 22.8 Å². The topological polar surface area (TPSA) is 102 Å². The zero-order valence-corrected chi connectivity index (χ0v) is 20.4. The van der Waals surface area contributed by atoms with E-state index < -0.39 is 10.0 Å². The van der Waals surface area contributed by atoms with Gasteiger partial charge in [-0.15, -0.1) is 11.3 Å². The SMILES string of the molecule is Cc1sc2nc(C(C)Sc3ccc(S(=O)(=O)N4CCCCCC4)cn3)nc(N)c2c1C. The summed E-state index contributed by atoms with van der Waals surface area (Å²) in [5.74, 6) is 1.15. The van der Waals surface area contributed by atoms with Gasteiger partial charge in [0.15, 0.2) is 0 Å². The first-order valence-electron chi connectivity index (χ1n) is 10.4. The van der Waals surface area contributed by atoms with Crippen molar-refractivity contribution in [3.63, 3.8) is 0 Å². The number of hydrogen-bond donors (Lipinski definition) is 1. The Hall–Kier alpha value is -1.75. The highest BCUT2D eigenvalue weighted by Crippen LogP contribution is 2.37. The average molecular weight is 478 g/mol. The molecule has 1 saturated heterocycles. The molecule has 166 valence electrons. The summed E-state index contributed by atoms with van der Waals surface area (Å²) >= 11 is 3.11. The molecule has 0 saturated carbocycles. The lowest BCUT2D eigenvalue weighted by molar-refractivity contribution is 0.423. The highest BCUT2D eigenvalue weighted by Gasteiger charge is 2.25.